The highest BCUT2D eigenvalue weighted by Crippen LogP contribution is 2.44. The summed E-state index contributed by atoms with van der Waals surface area (Å²) in [4.78, 5) is 7.31. The Morgan fingerprint density at radius 1 is 0.610 bits per heavy atom. The van der Waals surface area contributed by atoms with Crippen LogP contribution in [0.3, 0.4) is 0 Å². The monoisotopic (exact) mass is 525 g/mol. The minimum Gasteiger partial charge on any atom is -0.456 e. The average molecular weight is 526 g/mol. The van der Waals surface area contributed by atoms with Gasteiger partial charge in [-0.15, -0.1) is 0 Å². The molecule has 8 aromatic rings. The molecule has 1 aliphatic rings. The second-order valence-corrected chi connectivity index (χ2v) is 10.5. The van der Waals surface area contributed by atoms with E-state index in [9.17, 15) is 0 Å². The van der Waals surface area contributed by atoms with E-state index in [4.69, 9.17) is 9.40 Å². The number of aromatic nitrogens is 2. The maximum Gasteiger partial charge on any atom is 0.145 e. The van der Waals surface area contributed by atoms with Crippen LogP contribution >= 0.6 is 0 Å². The molecular weight excluding hydrogens is 502 g/mol. The first-order valence-electron chi connectivity index (χ1n) is 13.8. The predicted octanol–water partition coefficient (Wildman–Crippen LogP) is 9.87. The number of para-hydroxylation sites is 4. The summed E-state index contributed by atoms with van der Waals surface area (Å²) in [6.07, 6.45) is 4.40. The van der Waals surface area contributed by atoms with Crippen LogP contribution < -0.4 is 4.90 Å². The van der Waals surface area contributed by atoms with Crippen LogP contribution in [0.4, 0.5) is 11.4 Å². The van der Waals surface area contributed by atoms with Crippen LogP contribution in [0.25, 0.3) is 66.9 Å². The van der Waals surface area contributed by atoms with Crippen molar-refractivity contribution in [1.82, 2.24) is 9.55 Å². The number of imidazole rings is 1. The van der Waals surface area contributed by atoms with Crippen LogP contribution in [0.15, 0.2) is 138 Å². The van der Waals surface area contributed by atoms with Crippen molar-refractivity contribution in [2.45, 2.75) is 0 Å². The number of furan rings is 1. The van der Waals surface area contributed by atoms with Gasteiger partial charge in [-0.05, 0) is 83.8 Å². The number of rotatable bonds is 3. The molecule has 0 bridgehead atoms. The Morgan fingerprint density at radius 2 is 1.41 bits per heavy atom. The molecule has 0 fully saturated rings. The lowest BCUT2D eigenvalue weighted by Gasteiger charge is -2.27. The average Bonchev–Trinajstić information content (AvgIpc) is 3.61. The third-order valence-corrected chi connectivity index (χ3v) is 8.15. The molecule has 2 aromatic heterocycles. The van der Waals surface area contributed by atoms with Gasteiger partial charge in [-0.1, -0.05) is 60.7 Å². The van der Waals surface area contributed by atoms with Gasteiger partial charge in [-0.2, -0.15) is 0 Å². The second kappa shape index (κ2) is 8.44. The zero-order valence-corrected chi connectivity index (χ0v) is 22.0. The molecule has 0 radical (unpaired) electrons. The summed E-state index contributed by atoms with van der Waals surface area (Å²) in [7, 11) is 0. The highest BCUT2D eigenvalue weighted by atomic mass is 16.3. The Hall–Kier alpha value is -5.61. The highest BCUT2D eigenvalue weighted by Gasteiger charge is 2.22. The summed E-state index contributed by atoms with van der Waals surface area (Å²) in [5.74, 6) is 0.930. The minimum absolute atomic E-state index is 0.920. The standard InChI is InChI=1S/C37H23N3O/c1-2-10-27(11-3-1)40-31-14-6-5-13-30(31)38-37(40)24-17-19-26(20-18-24)39-22-21-29-35-25(9-8-15-32(35)39)23-34-36(29)28-12-4-7-16-33(28)41-34/h1-23H. The first kappa shape index (κ1) is 22.2. The Morgan fingerprint density at radius 3 is 2.32 bits per heavy atom. The first-order chi connectivity index (χ1) is 20.3. The molecule has 0 amide bonds. The van der Waals surface area contributed by atoms with E-state index in [1.807, 2.05) is 24.3 Å². The van der Waals surface area contributed by atoms with E-state index in [2.05, 4.69) is 125 Å². The van der Waals surface area contributed by atoms with Gasteiger partial charge in [0.05, 0.1) is 16.7 Å². The fourth-order valence-electron chi connectivity index (χ4n) is 6.33. The zero-order valence-electron chi connectivity index (χ0n) is 22.0. The lowest BCUT2D eigenvalue weighted by atomic mass is 9.94. The SMILES string of the molecule is C1=CN(c2ccc(-c3nc4ccccc4n3-c3ccccc3)cc2)c2cccc3cc4oc5ccccc5c4c1c23. The molecule has 41 heavy (non-hydrogen) atoms. The summed E-state index contributed by atoms with van der Waals surface area (Å²) < 4.78 is 8.48. The number of anilines is 2. The van der Waals surface area contributed by atoms with Gasteiger partial charge in [0.2, 0.25) is 0 Å². The van der Waals surface area contributed by atoms with Crippen molar-refractivity contribution in [2.24, 2.45) is 0 Å². The fraction of sp³-hybridized carbons (Fsp3) is 0. The molecule has 4 heteroatoms. The third-order valence-electron chi connectivity index (χ3n) is 8.15. The second-order valence-electron chi connectivity index (χ2n) is 10.5. The topological polar surface area (TPSA) is 34.2 Å². The van der Waals surface area contributed by atoms with E-state index < -0.39 is 0 Å². The third kappa shape index (κ3) is 3.25. The van der Waals surface area contributed by atoms with Gasteiger partial charge in [0.25, 0.3) is 0 Å². The Bertz CT molecular complexity index is 2310. The Labute approximate surface area is 236 Å². The number of hydrogen-bond donors (Lipinski definition) is 0. The molecular formula is C37H23N3O. The number of hydrogen-bond acceptors (Lipinski definition) is 3. The van der Waals surface area contributed by atoms with Crippen molar-refractivity contribution in [3.63, 3.8) is 0 Å². The molecule has 0 spiro atoms. The molecule has 0 unspecified atom stereocenters. The molecule has 3 heterocycles. The van der Waals surface area contributed by atoms with Crippen molar-refractivity contribution in [3.8, 4) is 17.1 Å². The minimum atomic E-state index is 0.920. The summed E-state index contributed by atoms with van der Waals surface area (Å²) in [5, 5.41) is 4.74. The summed E-state index contributed by atoms with van der Waals surface area (Å²) >= 11 is 0. The molecule has 0 atom stereocenters. The van der Waals surface area contributed by atoms with E-state index in [-0.39, 0.29) is 0 Å². The molecule has 192 valence electrons. The van der Waals surface area contributed by atoms with E-state index in [0.29, 0.717) is 0 Å². The summed E-state index contributed by atoms with van der Waals surface area (Å²) in [5.41, 5.74) is 9.56. The number of nitrogens with zero attached hydrogens (tertiary/aromatic N) is 3. The van der Waals surface area contributed by atoms with Gasteiger partial charge in [-0.25, -0.2) is 4.98 Å². The van der Waals surface area contributed by atoms with Crippen LogP contribution in [0.2, 0.25) is 0 Å². The maximum atomic E-state index is 6.24. The molecule has 0 aliphatic carbocycles. The lowest BCUT2D eigenvalue weighted by Crippen LogP contribution is -2.12. The molecule has 1 aliphatic heterocycles. The van der Waals surface area contributed by atoms with Crippen molar-refractivity contribution >= 4 is 61.2 Å². The van der Waals surface area contributed by atoms with E-state index >= 15 is 0 Å². The van der Waals surface area contributed by atoms with Crippen LogP contribution in [-0.4, -0.2) is 9.55 Å². The van der Waals surface area contributed by atoms with Gasteiger partial charge in [0, 0.05) is 39.3 Å². The van der Waals surface area contributed by atoms with E-state index in [0.717, 1.165) is 56.0 Å². The van der Waals surface area contributed by atoms with Crippen LogP contribution in [0, 0.1) is 0 Å². The largest absolute Gasteiger partial charge is 0.456 e. The Kier molecular flexibility index (Phi) is 4.58. The molecule has 0 saturated carbocycles. The number of fused-ring (bicyclic) bond motifs is 5. The quantitative estimate of drug-likeness (QED) is 0.230. The smallest absolute Gasteiger partial charge is 0.145 e. The van der Waals surface area contributed by atoms with Gasteiger partial charge >= 0.3 is 0 Å². The summed E-state index contributed by atoms with van der Waals surface area (Å²) in [6, 6.07) is 44.4. The van der Waals surface area contributed by atoms with Crippen molar-refractivity contribution < 1.29 is 4.42 Å². The van der Waals surface area contributed by atoms with E-state index in [1.165, 1.54) is 21.7 Å². The van der Waals surface area contributed by atoms with Crippen molar-refractivity contribution in [1.29, 1.82) is 0 Å². The van der Waals surface area contributed by atoms with E-state index in [1.54, 1.807) is 0 Å². The van der Waals surface area contributed by atoms with Crippen LogP contribution in [0.5, 0.6) is 0 Å². The predicted molar refractivity (Wildman–Crippen MR) is 169 cm³/mol. The zero-order chi connectivity index (χ0) is 26.9. The van der Waals surface area contributed by atoms with Crippen LogP contribution in [0.1, 0.15) is 5.56 Å². The molecule has 0 N–H and O–H groups in total. The molecule has 9 rings (SSSR count). The summed E-state index contributed by atoms with van der Waals surface area (Å²) in [6.45, 7) is 0. The molecule has 6 aromatic carbocycles. The Balaban J connectivity index is 1.18. The highest BCUT2D eigenvalue weighted by molar-refractivity contribution is 6.20. The van der Waals surface area contributed by atoms with Gasteiger partial charge in [0.1, 0.15) is 17.0 Å². The lowest BCUT2D eigenvalue weighted by molar-refractivity contribution is 0.669. The van der Waals surface area contributed by atoms with Crippen molar-refractivity contribution in [2.75, 3.05) is 4.90 Å². The molecule has 0 saturated heterocycles. The maximum absolute atomic E-state index is 6.24. The van der Waals surface area contributed by atoms with Gasteiger partial charge in [-0.3, -0.25) is 4.57 Å². The van der Waals surface area contributed by atoms with Gasteiger partial charge in [0.15, 0.2) is 0 Å². The van der Waals surface area contributed by atoms with Crippen LogP contribution in [-0.2, 0) is 0 Å². The normalized spacial score (nSPS) is 12.7. The molecule has 4 nitrogen and oxygen atoms in total. The first-order valence-corrected chi connectivity index (χ1v) is 13.8. The van der Waals surface area contributed by atoms with Crippen molar-refractivity contribution in [3.05, 3.63) is 139 Å². The van der Waals surface area contributed by atoms with Gasteiger partial charge < -0.3 is 9.32 Å². The number of benzene rings is 6. The fourth-order valence-corrected chi connectivity index (χ4v) is 6.33.